The second kappa shape index (κ2) is 57.4. The van der Waals surface area contributed by atoms with E-state index in [2.05, 4.69) is 93.7 Å². The van der Waals surface area contributed by atoms with E-state index in [0.717, 1.165) is 109 Å². The summed E-state index contributed by atoms with van der Waals surface area (Å²) in [5, 5.41) is 0. The SMILES string of the molecule is CC/C=C\C/C=C\C/C=C\CCCCCCCCCC(=O)OC(COC(=O)CCCCC/C=C\C/C=C\C/C=C\CC)COC(=O)CCCCCCCCCCCCCCCCCCCCCCC. The quantitative estimate of drug-likeness (QED) is 0.0262. The van der Waals surface area contributed by atoms with Crippen molar-refractivity contribution in [2.45, 2.75) is 297 Å². The van der Waals surface area contributed by atoms with Crippen molar-refractivity contribution in [3.8, 4) is 0 Å². The molecule has 1 unspecified atom stereocenters. The standard InChI is InChI=1S/C63H110O6/c1-4-7-10-13-16-19-22-25-27-29-30-31-32-34-35-38-41-44-47-50-53-56-62(65)68-59-60(58-67-61(64)55-52-49-46-43-40-37-24-21-18-15-12-9-6-3)69-63(66)57-54-51-48-45-42-39-36-33-28-26-23-20-17-14-11-8-5-2/h8-9,11-12,17-18,20-21,26,28,37,40,60H,4-7,10,13-16,19,22-25,27,29-36,38-39,41-59H2,1-3H3/b11-8-,12-9-,20-17-,21-18-,28-26-,40-37-. The fourth-order valence-corrected chi connectivity index (χ4v) is 8.36. The van der Waals surface area contributed by atoms with E-state index in [1.807, 2.05) is 0 Å². The Morgan fingerprint density at radius 1 is 0.304 bits per heavy atom. The fraction of sp³-hybridized carbons (Fsp3) is 0.762. The van der Waals surface area contributed by atoms with Crippen LogP contribution in [0.2, 0.25) is 0 Å². The van der Waals surface area contributed by atoms with Crippen LogP contribution in [-0.2, 0) is 28.6 Å². The predicted molar refractivity (Wildman–Crippen MR) is 298 cm³/mol. The monoisotopic (exact) mass is 963 g/mol. The molecule has 0 saturated carbocycles. The van der Waals surface area contributed by atoms with E-state index in [4.69, 9.17) is 14.2 Å². The van der Waals surface area contributed by atoms with Crippen LogP contribution >= 0.6 is 0 Å². The molecule has 0 aliphatic rings. The zero-order valence-electron chi connectivity index (χ0n) is 45.6. The topological polar surface area (TPSA) is 78.9 Å². The summed E-state index contributed by atoms with van der Waals surface area (Å²) in [6.45, 7) is 6.41. The number of allylic oxidation sites excluding steroid dienone is 12. The molecule has 1 atom stereocenters. The Balaban J connectivity index is 4.34. The molecule has 0 bridgehead atoms. The van der Waals surface area contributed by atoms with Crippen LogP contribution in [0.4, 0.5) is 0 Å². The lowest BCUT2D eigenvalue weighted by Crippen LogP contribution is -2.30. The van der Waals surface area contributed by atoms with Crippen LogP contribution in [0.3, 0.4) is 0 Å². The van der Waals surface area contributed by atoms with Crippen molar-refractivity contribution in [1.82, 2.24) is 0 Å². The summed E-state index contributed by atoms with van der Waals surface area (Å²) in [7, 11) is 0. The smallest absolute Gasteiger partial charge is 0.306 e. The van der Waals surface area contributed by atoms with Crippen molar-refractivity contribution in [3.05, 3.63) is 72.9 Å². The fourth-order valence-electron chi connectivity index (χ4n) is 8.36. The van der Waals surface area contributed by atoms with Gasteiger partial charge in [-0.05, 0) is 83.5 Å². The van der Waals surface area contributed by atoms with E-state index in [0.29, 0.717) is 19.3 Å². The number of esters is 3. The van der Waals surface area contributed by atoms with Crippen LogP contribution in [0.1, 0.15) is 290 Å². The molecule has 0 heterocycles. The van der Waals surface area contributed by atoms with Crippen LogP contribution in [0.15, 0.2) is 72.9 Å². The molecule has 0 rings (SSSR count). The Hall–Kier alpha value is -3.15. The largest absolute Gasteiger partial charge is 0.462 e. The summed E-state index contributed by atoms with van der Waals surface area (Å²) in [4.78, 5) is 38.2. The number of carbonyl (C=O) groups excluding carboxylic acids is 3. The van der Waals surface area contributed by atoms with E-state index in [1.54, 1.807) is 0 Å². The first-order valence-corrected chi connectivity index (χ1v) is 29.4. The van der Waals surface area contributed by atoms with E-state index in [9.17, 15) is 14.4 Å². The Bertz CT molecular complexity index is 1290. The molecule has 0 aliphatic heterocycles. The average molecular weight is 964 g/mol. The molecular formula is C63H110O6. The Morgan fingerprint density at radius 2 is 0.565 bits per heavy atom. The summed E-state index contributed by atoms with van der Waals surface area (Å²) < 4.78 is 16.8. The van der Waals surface area contributed by atoms with Gasteiger partial charge in [0.05, 0.1) is 0 Å². The molecule has 0 saturated heterocycles. The Kier molecular flexibility index (Phi) is 54.8. The highest BCUT2D eigenvalue weighted by Gasteiger charge is 2.19. The van der Waals surface area contributed by atoms with Gasteiger partial charge in [0.25, 0.3) is 0 Å². The third-order valence-corrected chi connectivity index (χ3v) is 12.7. The maximum absolute atomic E-state index is 12.9. The van der Waals surface area contributed by atoms with Gasteiger partial charge in [0.1, 0.15) is 13.2 Å². The first-order valence-electron chi connectivity index (χ1n) is 29.4. The summed E-state index contributed by atoms with van der Waals surface area (Å²) in [5.74, 6) is -0.917. The van der Waals surface area contributed by atoms with E-state index in [-0.39, 0.29) is 31.1 Å². The molecule has 0 amide bonds. The first kappa shape index (κ1) is 65.8. The number of unbranched alkanes of at least 4 members (excludes halogenated alkanes) is 30. The summed E-state index contributed by atoms with van der Waals surface area (Å²) in [6.07, 6.45) is 73.3. The van der Waals surface area contributed by atoms with Crippen molar-refractivity contribution in [1.29, 1.82) is 0 Å². The van der Waals surface area contributed by atoms with Gasteiger partial charge in [-0.25, -0.2) is 0 Å². The Labute approximate surface area is 427 Å². The van der Waals surface area contributed by atoms with Gasteiger partial charge in [-0.15, -0.1) is 0 Å². The normalized spacial score (nSPS) is 12.6. The van der Waals surface area contributed by atoms with E-state index >= 15 is 0 Å². The molecule has 398 valence electrons. The zero-order chi connectivity index (χ0) is 50.0. The first-order chi connectivity index (χ1) is 34.0. The lowest BCUT2D eigenvalue weighted by atomic mass is 10.0. The lowest BCUT2D eigenvalue weighted by molar-refractivity contribution is -0.167. The minimum absolute atomic E-state index is 0.0867. The number of carbonyl (C=O) groups is 3. The van der Waals surface area contributed by atoms with Crippen LogP contribution in [-0.4, -0.2) is 37.2 Å². The third kappa shape index (κ3) is 55.6. The third-order valence-electron chi connectivity index (χ3n) is 12.7. The summed E-state index contributed by atoms with van der Waals surface area (Å²) >= 11 is 0. The molecule has 0 N–H and O–H groups in total. The van der Waals surface area contributed by atoms with Crippen LogP contribution < -0.4 is 0 Å². The molecular weight excluding hydrogens is 853 g/mol. The molecule has 0 aromatic carbocycles. The second-order valence-electron chi connectivity index (χ2n) is 19.5. The average Bonchev–Trinajstić information content (AvgIpc) is 3.35. The summed E-state index contributed by atoms with van der Waals surface area (Å²) in [6, 6.07) is 0. The minimum atomic E-state index is -0.792. The van der Waals surface area contributed by atoms with Crippen molar-refractivity contribution in [2.75, 3.05) is 13.2 Å². The van der Waals surface area contributed by atoms with Crippen molar-refractivity contribution >= 4 is 17.9 Å². The zero-order valence-corrected chi connectivity index (χ0v) is 45.6. The molecule has 0 aromatic heterocycles. The summed E-state index contributed by atoms with van der Waals surface area (Å²) in [5.41, 5.74) is 0. The number of rotatable bonds is 53. The van der Waals surface area contributed by atoms with Crippen LogP contribution in [0, 0.1) is 0 Å². The number of hydrogen-bond acceptors (Lipinski definition) is 6. The second-order valence-corrected chi connectivity index (χ2v) is 19.5. The molecule has 0 radical (unpaired) electrons. The maximum atomic E-state index is 12.9. The molecule has 0 aromatic rings. The highest BCUT2D eigenvalue weighted by molar-refractivity contribution is 5.71. The van der Waals surface area contributed by atoms with Crippen molar-refractivity contribution in [3.63, 3.8) is 0 Å². The van der Waals surface area contributed by atoms with Gasteiger partial charge in [0.2, 0.25) is 0 Å². The highest BCUT2D eigenvalue weighted by atomic mass is 16.6. The van der Waals surface area contributed by atoms with Crippen molar-refractivity contribution < 1.29 is 28.6 Å². The van der Waals surface area contributed by atoms with Crippen LogP contribution in [0.25, 0.3) is 0 Å². The van der Waals surface area contributed by atoms with Gasteiger partial charge in [0.15, 0.2) is 6.10 Å². The van der Waals surface area contributed by atoms with Gasteiger partial charge in [0, 0.05) is 19.3 Å². The van der Waals surface area contributed by atoms with E-state index in [1.165, 1.54) is 141 Å². The molecule has 6 nitrogen and oxygen atoms in total. The van der Waals surface area contributed by atoms with Crippen LogP contribution in [0.5, 0.6) is 0 Å². The van der Waals surface area contributed by atoms with Crippen molar-refractivity contribution in [2.24, 2.45) is 0 Å². The molecule has 0 aliphatic carbocycles. The van der Waals surface area contributed by atoms with Gasteiger partial charge in [-0.2, -0.15) is 0 Å². The van der Waals surface area contributed by atoms with Gasteiger partial charge >= 0.3 is 17.9 Å². The predicted octanol–water partition coefficient (Wildman–Crippen LogP) is 19.8. The molecule has 0 spiro atoms. The minimum Gasteiger partial charge on any atom is -0.462 e. The molecule has 0 fully saturated rings. The number of ether oxygens (including phenoxy) is 3. The Morgan fingerprint density at radius 3 is 0.899 bits per heavy atom. The maximum Gasteiger partial charge on any atom is 0.306 e. The van der Waals surface area contributed by atoms with Gasteiger partial charge in [-0.3, -0.25) is 14.4 Å². The highest BCUT2D eigenvalue weighted by Crippen LogP contribution is 2.17. The van der Waals surface area contributed by atoms with E-state index < -0.39 is 6.10 Å². The van der Waals surface area contributed by atoms with Gasteiger partial charge < -0.3 is 14.2 Å². The number of hydrogen-bond donors (Lipinski definition) is 0. The lowest BCUT2D eigenvalue weighted by Gasteiger charge is -2.18. The molecule has 69 heavy (non-hydrogen) atoms. The van der Waals surface area contributed by atoms with Gasteiger partial charge in [-0.1, -0.05) is 261 Å². The molecule has 6 heteroatoms.